The number of aliphatic hydroxyl groups excluding tert-OH is 1. The van der Waals surface area contributed by atoms with Crippen molar-refractivity contribution in [3.63, 3.8) is 0 Å². The molecule has 2 aliphatic heterocycles. The molecule has 4 atom stereocenters. The molecule has 198 valence electrons. The molecule has 0 radical (unpaired) electrons. The summed E-state index contributed by atoms with van der Waals surface area (Å²) < 4.78 is 5.98. The van der Waals surface area contributed by atoms with E-state index in [2.05, 4.69) is 6.08 Å². The summed E-state index contributed by atoms with van der Waals surface area (Å²) in [7, 11) is -1.05. The number of fused-ring (bicyclic) bond motifs is 3. The quantitative estimate of drug-likeness (QED) is 0.303. The minimum atomic E-state index is -1.05. The summed E-state index contributed by atoms with van der Waals surface area (Å²) in [5.74, 6) is -1.66. The molecule has 2 saturated heterocycles. The Kier molecular flexibility index (Phi) is 7.31. The first-order valence-corrected chi connectivity index (χ1v) is 13.3. The molecule has 0 spiro atoms. The van der Waals surface area contributed by atoms with Crippen molar-refractivity contribution in [2.75, 3.05) is 11.5 Å². The Morgan fingerprint density at radius 3 is 2.45 bits per heavy atom. The molecule has 2 fully saturated rings. The molecule has 0 saturated carbocycles. The fourth-order valence-electron chi connectivity index (χ4n) is 6.53. The van der Waals surface area contributed by atoms with Crippen molar-refractivity contribution in [3.8, 4) is 5.75 Å². The van der Waals surface area contributed by atoms with E-state index in [9.17, 15) is 24.8 Å². The Bertz CT molecular complexity index is 1300. The van der Waals surface area contributed by atoms with Gasteiger partial charge in [0.05, 0.1) is 30.2 Å². The van der Waals surface area contributed by atoms with Crippen molar-refractivity contribution in [2.24, 2.45) is 17.8 Å². The zero-order valence-electron chi connectivity index (χ0n) is 22.1. The topological polar surface area (TPSA) is 107 Å². The summed E-state index contributed by atoms with van der Waals surface area (Å²) in [5, 5.41) is 31.0. The van der Waals surface area contributed by atoms with Crippen LogP contribution in [0.1, 0.15) is 42.9 Å². The molecule has 2 aromatic carbocycles. The Morgan fingerprint density at radius 1 is 1.11 bits per heavy atom. The Morgan fingerprint density at radius 2 is 1.79 bits per heavy atom. The number of phenols is 1. The molecular formula is C30H34BNO6. The van der Waals surface area contributed by atoms with E-state index in [4.69, 9.17) is 4.65 Å². The van der Waals surface area contributed by atoms with Gasteiger partial charge in [-0.1, -0.05) is 29.8 Å². The number of imide groups is 1. The van der Waals surface area contributed by atoms with Gasteiger partial charge >= 0.3 is 7.12 Å². The number of para-hydroxylation sites is 1. The molecule has 38 heavy (non-hydrogen) atoms. The molecule has 8 heteroatoms. The van der Waals surface area contributed by atoms with Crippen LogP contribution in [0.3, 0.4) is 0 Å². The van der Waals surface area contributed by atoms with E-state index >= 15 is 0 Å². The molecule has 0 bridgehead atoms. The van der Waals surface area contributed by atoms with E-state index < -0.39 is 25.1 Å². The van der Waals surface area contributed by atoms with Crippen molar-refractivity contribution < 1.29 is 29.5 Å². The Balaban J connectivity index is 1.40. The highest BCUT2D eigenvalue weighted by Crippen LogP contribution is 2.51. The van der Waals surface area contributed by atoms with Crippen molar-refractivity contribution in [1.82, 2.24) is 0 Å². The van der Waals surface area contributed by atoms with E-state index in [1.54, 1.807) is 24.3 Å². The minimum Gasteiger partial charge on any atom is -0.507 e. The average molecular weight is 515 g/mol. The minimum absolute atomic E-state index is 0.210. The number of allylic oxidation sites excluding steroid dienone is 1. The third-order valence-electron chi connectivity index (χ3n) is 8.24. The Labute approximate surface area is 223 Å². The van der Waals surface area contributed by atoms with Gasteiger partial charge in [0.25, 0.3) is 0 Å². The van der Waals surface area contributed by atoms with E-state index in [1.165, 1.54) is 4.90 Å². The van der Waals surface area contributed by atoms with Crippen LogP contribution in [0.2, 0.25) is 6.32 Å². The van der Waals surface area contributed by atoms with E-state index in [-0.39, 0.29) is 30.7 Å². The highest BCUT2D eigenvalue weighted by molar-refractivity contribution is 6.43. The lowest BCUT2D eigenvalue weighted by Gasteiger charge is -2.42. The van der Waals surface area contributed by atoms with Gasteiger partial charge < -0.3 is 19.9 Å². The number of nitrogens with zero attached hydrogens (tertiary/aromatic N) is 1. The first kappa shape index (κ1) is 26.4. The number of phenolic OH excluding ortho intramolecular Hbond substituents is 1. The monoisotopic (exact) mass is 515 g/mol. The predicted octanol–water partition coefficient (Wildman–Crippen LogP) is 4.19. The zero-order valence-corrected chi connectivity index (χ0v) is 22.1. The van der Waals surface area contributed by atoms with Gasteiger partial charge in [0.15, 0.2) is 0 Å². The summed E-state index contributed by atoms with van der Waals surface area (Å²) in [6, 6.07) is 12.8. The molecule has 2 heterocycles. The smallest absolute Gasteiger partial charge is 0.455 e. The predicted molar refractivity (Wildman–Crippen MR) is 146 cm³/mol. The van der Waals surface area contributed by atoms with Crippen LogP contribution in [-0.4, -0.2) is 46.9 Å². The second kappa shape index (κ2) is 10.5. The maximum atomic E-state index is 13.6. The van der Waals surface area contributed by atoms with Crippen LogP contribution in [0.4, 0.5) is 5.69 Å². The molecule has 2 amide bonds. The average Bonchev–Trinajstić information content (AvgIpc) is 3.15. The van der Waals surface area contributed by atoms with Crippen LogP contribution in [-0.2, 0) is 14.2 Å². The van der Waals surface area contributed by atoms with Crippen LogP contribution in [0.15, 0.2) is 59.2 Å². The number of hydrogen-bond acceptors (Lipinski definition) is 6. The molecule has 5 rings (SSSR count). The third-order valence-corrected chi connectivity index (χ3v) is 8.24. The van der Waals surface area contributed by atoms with Gasteiger partial charge in [-0.3, -0.25) is 14.5 Å². The first-order valence-electron chi connectivity index (χ1n) is 13.3. The van der Waals surface area contributed by atoms with Crippen LogP contribution in [0.5, 0.6) is 5.75 Å². The number of rotatable bonds is 6. The van der Waals surface area contributed by atoms with Crippen LogP contribution in [0, 0.1) is 31.6 Å². The standard InChI is InChI=1S/C30H34BNO6/c1-17(11-20-12-18(2)28(34)19(3)13-20)9-10-25-26-21(16-33)14-23-27(24(26)15-31(37)38-25)30(36)32(29(23)35)22-7-5-4-6-8-22/h4-8,11-13,23-25,27,33-34,37H,9-10,14-16H2,1-3H3/b17-11+/t23-,24+,25-,27-/m1/s1. The van der Waals surface area contributed by atoms with Crippen molar-refractivity contribution in [2.45, 2.75) is 52.5 Å². The number of benzene rings is 2. The highest BCUT2D eigenvalue weighted by atomic mass is 16.5. The summed E-state index contributed by atoms with van der Waals surface area (Å²) >= 11 is 0. The second-order valence-corrected chi connectivity index (χ2v) is 10.9. The van der Waals surface area contributed by atoms with E-state index in [1.807, 2.05) is 39.0 Å². The van der Waals surface area contributed by atoms with Gasteiger partial charge in [-0.2, -0.15) is 0 Å². The van der Waals surface area contributed by atoms with Gasteiger partial charge in [-0.15, -0.1) is 0 Å². The molecule has 2 aromatic rings. The number of carbonyl (C=O) groups excluding carboxylic acids is 2. The number of amides is 2. The van der Waals surface area contributed by atoms with Crippen LogP contribution in [0.25, 0.3) is 6.08 Å². The molecule has 3 N–H and O–H groups in total. The largest absolute Gasteiger partial charge is 0.507 e. The molecule has 1 aliphatic carbocycles. The SMILES string of the molecule is C/C(=C\c1cc(C)c(O)c(C)c1)CC[C@H]1OB(O)C[C@H]2C1=C(CO)C[C@H]1C(=O)N(c3ccccc3)C(=O)[C@H]12. The summed E-state index contributed by atoms with van der Waals surface area (Å²) in [5.41, 5.74) is 5.92. The lowest BCUT2D eigenvalue weighted by Crippen LogP contribution is -2.46. The second-order valence-electron chi connectivity index (χ2n) is 10.9. The van der Waals surface area contributed by atoms with Crippen molar-refractivity contribution >= 4 is 30.7 Å². The van der Waals surface area contributed by atoms with Gasteiger partial charge in [0.1, 0.15) is 5.75 Å². The number of aromatic hydroxyl groups is 1. The van der Waals surface area contributed by atoms with Gasteiger partial charge in [-0.05, 0) is 104 Å². The zero-order chi connectivity index (χ0) is 27.1. The summed E-state index contributed by atoms with van der Waals surface area (Å²) in [6.45, 7) is 5.57. The number of hydrogen-bond donors (Lipinski definition) is 3. The number of carbonyl (C=O) groups is 2. The Hall–Kier alpha value is -3.20. The van der Waals surface area contributed by atoms with Gasteiger partial charge in [0.2, 0.25) is 11.8 Å². The molecule has 3 aliphatic rings. The fourth-order valence-corrected chi connectivity index (χ4v) is 6.53. The lowest BCUT2D eigenvalue weighted by molar-refractivity contribution is -0.122. The van der Waals surface area contributed by atoms with Crippen LogP contribution < -0.4 is 4.90 Å². The number of aliphatic hydroxyl groups is 1. The number of anilines is 1. The van der Waals surface area contributed by atoms with Gasteiger partial charge in [0, 0.05) is 0 Å². The highest BCUT2D eigenvalue weighted by Gasteiger charge is 2.57. The third kappa shape index (κ3) is 4.72. The van der Waals surface area contributed by atoms with Gasteiger partial charge in [-0.25, -0.2) is 0 Å². The fraction of sp³-hybridized carbons (Fsp3) is 0.400. The molecular weight excluding hydrogens is 481 g/mol. The van der Waals surface area contributed by atoms with Crippen molar-refractivity contribution in [3.05, 3.63) is 75.9 Å². The number of aryl methyl sites for hydroxylation is 2. The normalized spacial score (nSPS) is 25.7. The first-order chi connectivity index (χ1) is 18.2. The molecule has 0 aromatic heterocycles. The molecule has 0 unspecified atom stereocenters. The van der Waals surface area contributed by atoms with Crippen LogP contribution >= 0.6 is 0 Å². The lowest BCUT2D eigenvalue weighted by atomic mass is 9.58. The maximum absolute atomic E-state index is 13.6. The van der Waals surface area contributed by atoms with Crippen molar-refractivity contribution in [1.29, 1.82) is 0 Å². The van der Waals surface area contributed by atoms with E-state index in [0.29, 0.717) is 30.7 Å². The molecule has 7 nitrogen and oxygen atoms in total. The maximum Gasteiger partial charge on any atom is 0.455 e. The summed E-state index contributed by atoms with van der Waals surface area (Å²) in [4.78, 5) is 28.3. The van der Waals surface area contributed by atoms with E-state index in [0.717, 1.165) is 33.4 Å². The summed E-state index contributed by atoms with van der Waals surface area (Å²) in [6.07, 6.45) is 3.42.